The topological polar surface area (TPSA) is 223 Å². The lowest BCUT2D eigenvalue weighted by Crippen LogP contribution is -2.52. The van der Waals surface area contributed by atoms with Gasteiger partial charge in [-0.15, -0.1) is 0 Å². The van der Waals surface area contributed by atoms with Crippen molar-refractivity contribution in [2.45, 2.75) is 115 Å². The van der Waals surface area contributed by atoms with E-state index in [2.05, 4.69) is 26.6 Å². The number of aliphatic hydroxyl groups is 2. The van der Waals surface area contributed by atoms with Gasteiger partial charge in [0, 0.05) is 13.5 Å². The number of hydrogen-bond acceptors (Lipinski definition) is 8. The quantitative estimate of drug-likeness (QED) is 0.0994. The van der Waals surface area contributed by atoms with Gasteiger partial charge in [-0.05, 0) is 47.9 Å². The number of rotatable bonds is 20. The van der Waals surface area contributed by atoms with Crippen molar-refractivity contribution in [2.24, 2.45) is 11.8 Å². The van der Waals surface area contributed by atoms with Gasteiger partial charge in [0.05, 0.1) is 49.2 Å². The lowest BCUT2D eigenvalue weighted by molar-refractivity contribution is -0.132. The van der Waals surface area contributed by atoms with E-state index in [9.17, 15) is 39.0 Å². The third-order valence-electron chi connectivity index (χ3n) is 9.45. The average molecular weight is 738 g/mol. The van der Waals surface area contributed by atoms with Crippen LogP contribution in [0.2, 0.25) is 0 Å². The van der Waals surface area contributed by atoms with Gasteiger partial charge in [-0.1, -0.05) is 88.4 Å². The van der Waals surface area contributed by atoms with Crippen LogP contribution in [-0.4, -0.2) is 87.7 Å². The van der Waals surface area contributed by atoms with Crippen molar-refractivity contribution >= 4 is 35.5 Å². The highest BCUT2D eigenvalue weighted by Crippen LogP contribution is 2.28. The summed E-state index contributed by atoms with van der Waals surface area (Å²) in [5, 5.41) is 45.1. The lowest BCUT2D eigenvalue weighted by Gasteiger charge is -2.31. The van der Waals surface area contributed by atoms with Gasteiger partial charge in [0.25, 0.3) is 0 Å². The van der Waals surface area contributed by atoms with Crippen LogP contribution in [0.4, 0.5) is 0 Å². The van der Waals surface area contributed by atoms with Crippen LogP contribution < -0.4 is 26.6 Å². The molecule has 8 N–H and O–H groups in total. The second-order valence-corrected chi connectivity index (χ2v) is 14.2. The summed E-state index contributed by atoms with van der Waals surface area (Å²) in [7, 11) is 0. The minimum Gasteiger partial charge on any atom is -0.478 e. The maximum atomic E-state index is 13.4. The molecule has 1 aliphatic rings. The summed E-state index contributed by atoms with van der Waals surface area (Å²) in [4.78, 5) is 74.8. The Morgan fingerprint density at radius 2 is 1.30 bits per heavy atom. The fourth-order valence-electron chi connectivity index (χ4n) is 6.47. The molecule has 1 aliphatic carbocycles. The third kappa shape index (κ3) is 15.4. The Balaban J connectivity index is 1.65. The van der Waals surface area contributed by atoms with E-state index in [0.29, 0.717) is 12.0 Å². The predicted octanol–water partition coefficient (Wildman–Crippen LogP) is 1.96. The van der Waals surface area contributed by atoms with E-state index in [0.717, 1.165) is 37.7 Å². The van der Waals surface area contributed by atoms with Gasteiger partial charge < -0.3 is 41.9 Å². The first-order valence-corrected chi connectivity index (χ1v) is 18.3. The fourth-order valence-corrected chi connectivity index (χ4v) is 6.47. The van der Waals surface area contributed by atoms with E-state index >= 15 is 0 Å². The van der Waals surface area contributed by atoms with Crippen molar-refractivity contribution in [3.05, 3.63) is 71.3 Å². The number of hydrogen-bond donors (Lipinski definition) is 8. The van der Waals surface area contributed by atoms with Crippen molar-refractivity contribution in [2.75, 3.05) is 6.54 Å². The summed E-state index contributed by atoms with van der Waals surface area (Å²) in [6.45, 7) is 4.65. The fraction of sp³-hybridized carbons (Fsp3) is 0.538. The summed E-state index contributed by atoms with van der Waals surface area (Å²) in [5.41, 5.74) is 1.62. The van der Waals surface area contributed by atoms with Gasteiger partial charge in [-0.2, -0.15) is 0 Å². The zero-order chi connectivity index (χ0) is 38.9. The molecule has 1 fully saturated rings. The minimum absolute atomic E-state index is 0.118. The SMILES string of the molecule is CC(=O)NCC(=O)N[C@@H](Cc1ccccc1)[C@@H](O)CC(=O)N[C@@H](CC1CCCCC1)[C@@H](O)CC(=O)N[C@H](C(=O)NCc1ccc(C(=O)O)cc1)C(C)C. The molecule has 0 radical (unpaired) electrons. The molecule has 0 aromatic heterocycles. The van der Waals surface area contributed by atoms with Crippen molar-refractivity contribution in [3.8, 4) is 0 Å². The number of carboxylic acid groups (broad SMARTS) is 1. The number of carbonyl (C=O) groups excluding carboxylic acids is 5. The molecule has 0 heterocycles. The molecule has 3 rings (SSSR count). The van der Waals surface area contributed by atoms with Gasteiger partial charge in [0.2, 0.25) is 29.5 Å². The standard InChI is InChI=1S/C39H55N5O9/c1-24(2)37(38(51)41-22-28-14-16-29(17-15-28)39(52)53)44-35(49)21-33(47)30(18-26-10-6-4-7-11-26)42-34(48)20-32(46)31(19-27-12-8-5-9-13-27)43-36(50)23-40-25(3)45/h5,8-9,12-17,24,26,30-33,37,46-47H,4,6-7,10-11,18-23H2,1-3H3,(H,40,45)(H,41,51)(H,42,48)(H,43,50)(H,44,49)(H,52,53)/t30-,31-,32-,33-,37-/m0/s1. The molecule has 14 heteroatoms. The molecule has 0 spiro atoms. The van der Waals surface area contributed by atoms with E-state index in [1.54, 1.807) is 26.0 Å². The molecule has 0 unspecified atom stereocenters. The van der Waals surface area contributed by atoms with Crippen LogP contribution in [0, 0.1) is 11.8 Å². The normalized spacial score (nSPS) is 16.0. The Bertz CT molecular complexity index is 1510. The van der Waals surface area contributed by atoms with Crippen molar-refractivity contribution in [1.82, 2.24) is 26.6 Å². The molecule has 0 saturated heterocycles. The Hall–Kier alpha value is -4.82. The van der Waals surface area contributed by atoms with E-state index in [1.165, 1.54) is 19.1 Å². The first-order valence-electron chi connectivity index (χ1n) is 18.3. The molecule has 290 valence electrons. The van der Waals surface area contributed by atoms with Crippen LogP contribution in [0.3, 0.4) is 0 Å². The van der Waals surface area contributed by atoms with Crippen LogP contribution in [0.1, 0.15) is 93.6 Å². The molecule has 14 nitrogen and oxygen atoms in total. The molecule has 2 aromatic carbocycles. The van der Waals surface area contributed by atoms with E-state index < -0.39 is 66.4 Å². The maximum Gasteiger partial charge on any atom is 0.335 e. The molecule has 53 heavy (non-hydrogen) atoms. The molecule has 1 saturated carbocycles. The number of carbonyl (C=O) groups is 6. The number of benzene rings is 2. The molecular formula is C39H55N5O9. The second-order valence-electron chi connectivity index (χ2n) is 14.2. The zero-order valence-corrected chi connectivity index (χ0v) is 30.8. The number of amides is 5. The summed E-state index contributed by atoms with van der Waals surface area (Å²) in [6.07, 6.45) is 2.24. The van der Waals surface area contributed by atoms with E-state index in [4.69, 9.17) is 5.11 Å². The predicted molar refractivity (Wildman–Crippen MR) is 197 cm³/mol. The second kappa shape index (κ2) is 21.6. The number of aliphatic hydroxyl groups excluding tert-OH is 2. The van der Waals surface area contributed by atoms with E-state index in [-0.39, 0.29) is 49.2 Å². The summed E-state index contributed by atoms with van der Waals surface area (Å²) >= 11 is 0. The van der Waals surface area contributed by atoms with Crippen LogP contribution in [0.5, 0.6) is 0 Å². The van der Waals surface area contributed by atoms with Gasteiger partial charge in [-0.3, -0.25) is 24.0 Å². The summed E-state index contributed by atoms with van der Waals surface area (Å²) < 4.78 is 0. The maximum absolute atomic E-state index is 13.4. The lowest BCUT2D eigenvalue weighted by atomic mass is 9.83. The van der Waals surface area contributed by atoms with Crippen molar-refractivity contribution in [3.63, 3.8) is 0 Å². The minimum atomic E-state index is -1.31. The molecule has 0 aliphatic heterocycles. The van der Waals surface area contributed by atoms with E-state index in [1.807, 2.05) is 30.3 Å². The Morgan fingerprint density at radius 3 is 1.89 bits per heavy atom. The molecule has 5 amide bonds. The smallest absolute Gasteiger partial charge is 0.335 e. The Kier molecular flexibility index (Phi) is 17.4. The number of aromatic carboxylic acids is 1. The highest BCUT2D eigenvalue weighted by atomic mass is 16.4. The van der Waals surface area contributed by atoms with Crippen LogP contribution in [0.25, 0.3) is 0 Å². The van der Waals surface area contributed by atoms with Crippen molar-refractivity contribution < 1.29 is 44.1 Å². The van der Waals surface area contributed by atoms with Gasteiger partial charge in [0.1, 0.15) is 6.04 Å². The highest BCUT2D eigenvalue weighted by Gasteiger charge is 2.32. The largest absolute Gasteiger partial charge is 0.478 e. The Labute approximate surface area is 310 Å². The van der Waals surface area contributed by atoms with Gasteiger partial charge >= 0.3 is 5.97 Å². The Morgan fingerprint density at radius 1 is 0.717 bits per heavy atom. The van der Waals surface area contributed by atoms with Gasteiger partial charge in [-0.25, -0.2) is 4.79 Å². The average Bonchev–Trinajstić information content (AvgIpc) is 3.12. The first kappa shape index (κ1) is 42.6. The number of carboxylic acids is 1. The molecule has 5 atom stereocenters. The monoisotopic (exact) mass is 737 g/mol. The third-order valence-corrected chi connectivity index (χ3v) is 9.45. The summed E-state index contributed by atoms with van der Waals surface area (Å²) in [5.74, 6) is -3.65. The molecule has 0 bridgehead atoms. The van der Waals surface area contributed by atoms with Gasteiger partial charge in [0.15, 0.2) is 0 Å². The van der Waals surface area contributed by atoms with Crippen LogP contribution in [-0.2, 0) is 36.9 Å². The highest BCUT2D eigenvalue weighted by molar-refractivity contribution is 5.89. The van der Waals surface area contributed by atoms with Crippen molar-refractivity contribution in [1.29, 1.82) is 0 Å². The zero-order valence-electron chi connectivity index (χ0n) is 30.8. The van der Waals surface area contributed by atoms with Crippen LogP contribution >= 0.6 is 0 Å². The number of nitrogens with one attached hydrogen (secondary N) is 5. The first-order chi connectivity index (χ1) is 25.2. The molecule has 2 aromatic rings. The molecular weight excluding hydrogens is 682 g/mol. The summed E-state index contributed by atoms with van der Waals surface area (Å²) in [6, 6.07) is 12.6. The van der Waals surface area contributed by atoms with Crippen LogP contribution in [0.15, 0.2) is 54.6 Å².